The molecule has 0 bridgehead atoms. The van der Waals surface area contributed by atoms with Gasteiger partial charge in [-0.2, -0.15) is 0 Å². The third kappa shape index (κ3) is 4.99. The first kappa shape index (κ1) is 17.3. The SMILES string of the molecule is CCOC(=O)Nc1ccc(-c2cccc(OC3CCCCC3)c2)cc1. The quantitative estimate of drug-likeness (QED) is 0.767. The maximum absolute atomic E-state index is 11.5. The van der Waals surface area contributed by atoms with Crippen LogP contribution in [0.1, 0.15) is 39.0 Å². The number of rotatable bonds is 5. The highest BCUT2D eigenvalue weighted by molar-refractivity contribution is 5.85. The van der Waals surface area contributed by atoms with Gasteiger partial charge in [-0.05, 0) is 68.0 Å². The van der Waals surface area contributed by atoms with Crippen molar-refractivity contribution in [3.8, 4) is 16.9 Å². The molecule has 1 amide bonds. The van der Waals surface area contributed by atoms with Crippen LogP contribution in [-0.4, -0.2) is 18.8 Å². The molecule has 0 heterocycles. The number of hydrogen-bond donors (Lipinski definition) is 1. The zero-order chi connectivity index (χ0) is 17.5. The topological polar surface area (TPSA) is 47.6 Å². The zero-order valence-corrected chi connectivity index (χ0v) is 14.7. The van der Waals surface area contributed by atoms with Crippen LogP contribution in [-0.2, 0) is 4.74 Å². The molecule has 3 rings (SSSR count). The van der Waals surface area contributed by atoms with Gasteiger partial charge in [0.25, 0.3) is 0 Å². The third-order valence-corrected chi connectivity index (χ3v) is 4.43. The van der Waals surface area contributed by atoms with Crippen LogP contribution in [0.5, 0.6) is 5.75 Å². The van der Waals surface area contributed by atoms with Gasteiger partial charge >= 0.3 is 6.09 Å². The smallest absolute Gasteiger partial charge is 0.411 e. The summed E-state index contributed by atoms with van der Waals surface area (Å²) in [6, 6.07) is 15.9. The summed E-state index contributed by atoms with van der Waals surface area (Å²) >= 11 is 0. The fourth-order valence-electron chi connectivity index (χ4n) is 3.16. The molecule has 0 unspecified atom stereocenters. The highest BCUT2D eigenvalue weighted by atomic mass is 16.5. The molecule has 0 atom stereocenters. The molecular formula is C21H25NO3. The molecule has 0 radical (unpaired) electrons. The number of benzene rings is 2. The molecule has 4 nitrogen and oxygen atoms in total. The van der Waals surface area contributed by atoms with Gasteiger partial charge in [0.05, 0.1) is 12.7 Å². The lowest BCUT2D eigenvalue weighted by Gasteiger charge is -2.23. The van der Waals surface area contributed by atoms with E-state index in [1.54, 1.807) is 6.92 Å². The van der Waals surface area contributed by atoms with Gasteiger partial charge < -0.3 is 9.47 Å². The van der Waals surface area contributed by atoms with Crippen molar-refractivity contribution in [1.29, 1.82) is 0 Å². The Morgan fingerprint density at radius 3 is 2.52 bits per heavy atom. The van der Waals surface area contributed by atoms with Crippen LogP contribution >= 0.6 is 0 Å². The van der Waals surface area contributed by atoms with E-state index in [2.05, 4.69) is 17.4 Å². The molecule has 1 N–H and O–H groups in total. The lowest BCUT2D eigenvalue weighted by atomic mass is 9.97. The molecule has 2 aromatic rings. The molecule has 25 heavy (non-hydrogen) atoms. The molecule has 1 fully saturated rings. The third-order valence-electron chi connectivity index (χ3n) is 4.43. The Kier molecular flexibility index (Phi) is 5.94. The minimum absolute atomic E-state index is 0.347. The molecule has 2 aromatic carbocycles. The molecule has 0 spiro atoms. The lowest BCUT2D eigenvalue weighted by Crippen LogP contribution is -2.19. The van der Waals surface area contributed by atoms with Gasteiger partial charge in [0.15, 0.2) is 0 Å². The Morgan fingerprint density at radius 1 is 1.04 bits per heavy atom. The van der Waals surface area contributed by atoms with Gasteiger partial charge in [-0.1, -0.05) is 30.7 Å². The number of carbonyl (C=O) groups excluding carboxylic acids is 1. The number of carbonyl (C=O) groups is 1. The summed E-state index contributed by atoms with van der Waals surface area (Å²) in [5, 5.41) is 2.70. The Bertz CT molecular complexity index is 691. The summed E-state index contributed by atoms with van der Waals surface area (Å²) in [4.78, 5) is 11.5. The molecule has 1 aliphatic rings. The standard InChI is InChI=1S/C21H25NO3/c1-2-24-21(23)22-18-13-11-16(12-14-18)17-7-6-10-20(15-17)25-19-8-4-3-5-9-19/h6-7,10-15,19H,2-5,8-9H2,1H3,(H,22,23). The van der Waals surface area contributed by atoms with Crippen molar-refractivity contribution in [2.45, 2.75) is 45.1 Å². The van der Waals surface area contributed by atoms with Crippen LogP contribution in [0.4, 0.5) is 10.5 Å². The molecule has 4 heteroatoms. The second-order valence-corrected chi connectivity index (χ2v) is 6.33. The first-order valence-electron chi connectivity index (χ1n) is 9.05. The van der Waals surface area contributed by atoms with Crippen molar-refractivity contribution in [1.82, 2.24) is 0 Å². The molecule has 0 aliphatic heterocycles. The van der Waals surface area contributed by atoms with Crippen LogP contribution in [0, 0.1) is 0 Å². The number of nitrogens with one attached hydrogen (secondary N) is 1. The molecule has 132 valence electrons. The highest BCUT2D eigenvalue weighted by Crippen LogP contribution is 2.28. The van der Waals surface area contributed by atoms with Gasteiger partial charge in [0.2, 0.25) is 0 Å². The van der Waals surface area contributed by atoms with E-state index < -0.39 is 6.09 Å². The molecular weight excluding hydrogens is 314 g/mol. The fraction of sp³-hybridized carbons (Fsp3) is 0.381. The van der Waals surface area contributed by atoms with Gasteiger partial charge in [0.1, 0.15) is 5.75 Å². The number of ether oxygens (including phenoxy) is 2. The highest BCUT2D eigenvalue weighted by Gasteiger charge is 2.15. The summed E-state index contributed by atoms with van der Waals surface area (Å²) in [7, 11) is 0. The minimum atomic E-state index is -0.432. The first-order valence-corrected chi connectivity index (χ1v) is 9.05. The van der Waals surface area contributed by atoms with E-state index >= 15 is 0 Å². The van der Waals surface area contributed by atoms with Crippen molar-refractivity contribution < 1.29 is 14.3 Å². The van der Waals surface area contributed by atoms with Crippen LogP contribution in [0.25, 0.3) is 11.1 Å². The van der Waals surface area contributed by atoms with E-state index in [-0.39, 0.29) is 0 Å². The van der Waals surface area contributed by atoms with Crippen molar-refractivity contribution >= 4 is 11.8 Å². The predicted molar refractivity (Wildman–Crippen MR) is 100 cm³/mol. The average molecular weight is 339 g/mol. The van der Waals surface area contributed by atoms with Gasteiger partial charge in [-0.25, -0.2) is 4.79 Å². The summed E-state index contributed by atoms with van der Waals surface area (Å²) in [5.41, 5.74) is 2.91. The van der Waals surface area contributed by atoms with Gasteiger partial charge in [0, 0.05) is 5.69 Å². The number of hydrogen-bond acceptors (Lipinski definition) is 3. The van der Waals surface area contributed by atoms with Crippen molar-refractivity contribution in [2.24, 2.45) is 0 Å². The minimum Gasteiger partial charge on any atom is -0.490 e. The van der Waals surface area contributed by atoms with E-state index in [1.807, 2.05) is 36.4 Å². The Balaban J connectivity index is 1.66. The Labute approximate surface area is 149 Å². The molecule has 0 aromatic heterocycles. The molecule has 0 saturated heterocycles. The van der Waals surface area contributed by atoms with Crippen LogP contribution in [0.15, 0.2) is 48.5 Å². The monoisotopic (exact) mass is 339 g/mol. The largest absolute Gasteiger partial charge is 0.490 e. The first-order chi connectivity index (χ1) is 12.2. The molecule has 1 aliphatic carbocycles. The average Bonchev–Trinajstić information content (AvgIpc) is 2.64. The zero-order valence-electron chi connectivity index (χ0n) is 14.7. The summed E-state index contributed by atoms with van der Waals surface area (Å²) < 4.78 is 11.0. The summed E-state index contributed by atoms with van der Waals surface area (Å²) in [6.07, 6.45) is 6.07. The summed E-state index contributed by atoms with van der Waals surface area (Å²) in [5.74, 6) is 0.929. The molecule has 1 saturated carbocycles. The maximum atomic E-state index is 11.5. The second-order valence-electron chi connectivity index (χ2n) is 6.33. The van der Waals surface area contributed by atoms with Crippen LogP contribution in [0.3, 0.4) is 0 Å². The van der Waals surface area contributed by atoms with E-state index in [0.717, 1.165) is 35.4 Å². The Hall–Kier alpha value is -2.49. The number of amides is 1. The maximum Gasteiger partial charge on any atom is 0.411 e. The fourth-order valence-corrected chi connectivity index (χ4v) is 3.16. The van der Waals surface area contributed by atoms with E-state index in [9.17, 15) is 4.79 Å². The number of anilines is 1. The van der Waals surface area contributed by atoms with Gasteiger partial charge in [-0.3, -0.25) is 5.32 Å². The van der Waals surface area contributed by atoms with Crippen molar-refractivity contribution in [2.75, 3.05) is 11.9 Å². The van der Waals surface area contributed by atoms with Crippen LogP contribution in [0.2, 0.25) is 0 Å². The van der Waals surface area contributed by atoms with E-state index in [0.29, 0.717) is 12.7 Å². The van der Waals surface area contributed by atoms with Gasteiger partial charge in [-0.15, -0.1) is 0 Å². The Morgan fingerprint density at radius 2 is 1.80 bits per heavy atom. The predicted octanol–water partition coefficient (Wildman–Crippen LogP) is 5.63. The van der Waals surface area contributed by atoms with Crippen molar-refractivity contribution in [3.63, 3.8) is 0 Å². The normalized spacial score (nSPS) is 14.8. The second kappa shape index (κ2) is 8.56. The van der Waals surface area contributed by atoms with Crippen LogP contribution < -0.4 is 10.1 Å². The summed E-state index contributed by atoms with van der Waals surface area (Å²) in [6.45, 7) is 2.14. The van der Waals surface area contributed by atoms with E-state index in [1.165, 1.54) is 19.3 Å². The van der Waals surface area contributed by atoms with E-state index in [4.69, 9.17) is 9.47 Å². The lowest BCUT2D eigenvalue weighted by molar-refractivity contribution is 0.155. The van der Waals surface area contributed by atoms with Crippen molar-refractivity contribution in [3.05, 3.63) is 48.5 Å².